The van der Waals surface area contributed by atoms with Crippen LogP contribution in [0, 0.1) is 6.92 Å². The molecule has 0 N–H and O–H groups in total. The van der Waals surface area contributed by atoms with Gasteiger partial charge in [-0.2, -0.15) is 0 Å². The van der Waals surface area contributed by atoms with Crippen molar-refractivity contribution in [3.63, 3.8) is 0 Å². The van der Waals surface area contributed by atoms with Gasteiger partial charge >= 0.3 is 0 Å². The topological polar surface area (TPSA) is 39.1 Å². The third kappa shape index (κ3) is 4.53. The number of rotatable bonds is 6. The highest BCUT2D eigenvalue weighted by Crippen LogP contribution is 2.51. The molecule has 0 radical (unpaired) electrons. The Kier molecular flexibility index (Phi) is 7.12. The lowest BCUT2D eigenvalue weighted by atomic mass is 10.2. The fourth-order valence-corrected chi connectivity index (χ4v) is 6.92. The van der Waals surface area contributed by atoms with E-state index >= 15 is 0 Å². The maximum absolute atomic E-state index is 14.0. The number of thioether (sulfide) groups is 2. The zero-order valence-electron chi connectivity index (χ0n) is 21.1. The number of hydrogen-bond acceptors (Lipinski definition) is 6. The summed E-state index contributed by atoms with van der Waals surface area (Å²) in [5, 5.41) is 1.66. The molecule has 0 atom stereocenters. The van der Waals surface area contributed by atoms with Gasteiger partial charge in [-0.05, 0) is 93.6 Å². The number of fused-ring (bicyclic) bond motifs is 1. The van der Waals surface area contributed by atoms with Gasteiger partial charge in [0.25, 0.3) is 5.91 Å². The van der Waals surface area contributed by atoms with Crippen molar-refractivity contribution in [1.82, 2.24) is 0 Å². The second-order valence-electron chi connectivity index (χ2n) is 8.61. The van der Waals surface area contributed by atoms with Crippen LogP contribution in [0.1, 0.15) is 26.3 Å². The second kappa shape index (κ2) is 10.4. The Balaban J connectivity index is 1.57. The molecule has 2 aliphatic rings. The van der Waals surface area contributed by atoms with E-state index in [2.05, 4.69) is 54.8 Å². The van der Waals surface area contributed by atoms with Crippen LogP contribution in [0.4, 0.5) is 22.7 Å². The zero-order chi connectivity index (χ0) is 25.2. The molecule has 3 aromatic carbocycles. The van der Waals surface area contributed by atoms with Crippen molar-refractivity contribution < 1.29 is 4.79 Å². The molecular weight excluding hydrogens is 484 g/mol. The standard InChI is InChI=1S/C29H30N4OS2/c1-5-31(6-2)22-17-15-21(16-18-22)30-29-33(23-12-10-11-20(4)19-23)27(34)26(36-29)28-32(7-3)24-13-8-9-14-25(24)35-28/h8-19H,5-7H2,1-4H3/b28-26-,30-29?. The molecule has 3 aromatic rings. The van der Waals surface area contributed by atoms with Crippen molar-refractivity contribution in [2.45, 2.75) is 32.6 Å². The quantitative estimate of drug-likeness (QED) is 0.320. The number of anilines is 3. The molecule has 184 valence electrons. The van der Waals surface area contributed by atoms with Crippen molar-refractivity contribution in [2.24, 2.45) is 4.99 Å². The number of benzene rings is 3. The molecule has 36 heavy (non-hydrogen) atoms. The van der Waals surface area contributed by atoms with Gasteiger partial charge in [-0.25, -0.2) is 4.99 Å². The number of aliphatic imine (C=N–C) groups is 1. The first kappa shape index (κ1) is 24.5. The Morgan fingerprint density at radius 1 is 0.889 bits per heavy atom. The van der Waals surface area contributed by atoms with Crippen molar-refractivity contribution in [2.75, 3.05) is 34.3 Å². The van der Waals surface area contributed by atoms with E-state index in [4.69, 9.17) is 4.99 Å². The van der Waals surface area contributed by atoms with Crippen LogP contribution in [0.3, 0.4) is 0 Å². The van der Waals surface area contributed by atoms with Crippen LogP contribution < -0.4 is 14.7 Å². The lowest BCUT2D eigenvalue weighted by molar-refractivity contribution is -0.113. The fraction of sp³-hybridized carbons (Fsp3) is 0.241. The minimum atomic E-state index is -0.0298. The lowest BCUT2D eigenvalue weighted by Gasteiger charge is -2.21. The summed E-state index contributed by atoms with van der Waals surface area (Å²) >= 11 is 3.13. The number of carbonyl (C=O) groups excluding carboxylic acids is 1. The largest absolute Gasteiger partial charge is 0.372 e. The second-order valence-corrected chi connectivity index (χ2v) is 10.6. The molecule has 0 aliphatic carbocycles. The van der Waals surface area contributed by atoms with Crippen molar-refractivity contribution in [1.29, 1.82) is 0 Å². The van der Waals surface area contributed by atoms with Crippen LogP contribution in [-0.2, 0) is 4.79 Å². The summed E-state index contributed by atoms with van der Waals surface area (Å²) in [6, 6.07) is 24.7. The summed E-state index contributed by atoms with van der Waals surface area (Å²) in [4.78, 5) is 27.1. The summed E-state index contributed by atoms with van der Waals surface area (Å²) in [5.41, 5.74) is 5.11. The lowest BCUT2D eigenvalue weighted by Crippen LogP contribution is -2.29. The summed E-state index contributed by atoms with van der Waals surface area (Å²) in [6.07, 6.45) is 0. The molecule has 0 bridgehead atoms. The van der Waals surface area contributed by atoms with Gasteiger partial charge in [0.05, 0.1) is 17.1 Å². The molecule has 0 spiro atoms. The molecule has 5 rings (SSSR count). The molecule has 2 aliphatic heterocycles. The van der Waals surface area contributed by atoms with Gasteiger partial charge in [-0.3, -0.25) is 9.69 Å². The molecule has 1 amide bonds. The SMILES string of the molecule is CCN(CC)c1ccc(N=C2S/C(=C3\Sc4ccccc4N3CC)C(=O)N2c2cccc(C)c2)cc1. The monoisotopic (exact) mass is 514 g/mol. The molecule has 7 heteroatoms. The Hall–Kier alpha value is -3.16. The highest BCUT2D eigenvalue weighted by molar-refractivity contribution is 8.20. The maximum atomic E-state index is 14.0. The number of carbonyl (C=O) groups is 1. The summed E-state index contributed by atoms with van der Waals surface area (Å²) in [6.45, 7) is 11.2. The molecule has 2 heterocycles. The Morgan fingerprint density at radius 2 is 1.64 bits per heavy atom. The van der Waals surface area contributed by atoms with Gasteiger partial charge in [-0.15, -0.1) is 0 Å². The number of nitrogens with zero attached hydrogens (tertiary/aromatic N) is 4. The smallest absolute Gasteiger partial charge is 0.274 e. The van der Waals surface area contributed by atoms with Crippen LogP contribution in [0.15, 0.2) is 92.6 Å². The number of aryl methyl sites for hydroxylation is 1. The van der Waals surface area contributed by atoms with Crippen LogP contribution in [0.2, 0.25) is 0 Å². The molecular formula is C29H30N4OS2. The molecule has 1 saturated heterocycles. The predicted molar refractivity (Wildman–Crippen MR) is 156 cm³/mol. The minimum absolute atomic E-state index is 0.0298. The van der Waals surface area contributed by atoms with Crippen LogP contribution in [0.5, 0.6) is 0 Å². The maximum Gasteiger partial charge on any atom is 0.274 e. The van der Waals surface area contributed by atoms with Gasteiger partial charge in [-0.1, -0.05) is 36.0 Å². The van der Waals surface area contributed by atoms with Gasteiger partial charge < -0.3 is 9.80 Å². The Labute approximate surface area is 221 Å². The van der Waals surface area contributed by atoms with E-state index in [9.17, 15) is 4.79 Å². The first-order valence-corrected chi connectivity index (χ1v) is 14.0. The van der Waals surface area contributed by atoms with Crippen LogP contribution in [-0.4, -0.2) is 30.7 Å². The third-order valence-electron chi connectivity index (χ3n) is 6.36. The van der Waals surface area contributed by atoms with E-state index < -0.39 is 0 Å². The summed E-state index contributed by atoms with van der Waals surface area (Å²) < 4.78 is 0. The van der Waals surface area contributed by atoms with Crippen LogP contribution in [0.25, 0.3) is 0 Å². The first-order chi connectivity index (χ1) is 17.5. The van der Waals surface area contributed by atoms with Gasteiger partial charge in [0.1, 0.15) is 9.93 Å². The summed E-state index contributed by atoms with van der Waals surface area (Å²) in [5.74, 6) is -0.0298. The predicted octanol–water partition coefficient (Wildman–Crippen LogP) is 7.41. The Bertz CT molecular complexity index is 1350. The van der Waals surface area contributed by atoms with Crippen LogP contribution >= 0.6 is 23.5 Å². The number of amidine groups is 1. The first-order valence-electron chi connectivity index (χ1n) is 12.3. The van der Waals surface area contributed by atoms with Crippen molar-refractivity contribution >= 4 is 57.3 Å². The fourth-order valence-electron chi connectivity index (χ4n) is 4.53. The van der Waals surface area contributed by atoms with E-state index in [1.54, 1.807) is 16.7 Å². The van der Waals surface area contributed by atoms with E-state index in [0.717, 1.165) is 52.2 Å². The third-order valence-corrected chi connectivity index (χ3v) is 8.70. The molecule has 0 saturated carbocycles. The van der Waals surface area contributed by atoms with Gasteiger partial charge in [0.15, 0.2) is 5.17 Å². The zero-order valence-corrected chi connectivity index (χ0v) is 22.7. The highest BCUT2D eigenvalue weighted by Gasteiger charge is 2.40. The summed E-state index contributed by atoms with van der Waals surface area (Å²) in [7, 11) is 0. The number of amides is 1. The molecule has 1 fully saturated rings. The molecule has 0 unspecified atom stereocenters. The van der Waals surface area contributed by atoms with E-state index in [0.29, 0.717) is 5.17 Å². The van der Waals surface area contributed by atoms with Gasteiger partial charge in [0, 0.05) is 30.2 Å². The van der Waals surface area contributed by atoms with Gasteiger partial charge in [0.2, 0.25) is 0 Å². The normalized spacial score (nSPS) is 18.3. The number of para-hydroxylation sites is 1. The average molecular weight is 515 g/mol. The van der Waals surface area contributed by atoms with E-state index in [1.165, 1.54) is 22.3 Å². The molecule has 0 aromatic heterocycles. The minimum Gasteiger partial charge on any atom is -0.372 e. The highest BCUT2D eigenvalue weighted by atomic mass is 32.2. The number of hydrogen-bond donors (Lipinski definition) is 0. The van der Waals surface area contributed by atoms with Crippen molar-refractivity contribution in [3.8, 4) is 0 Å². The van der Waals surface area contributed by atoms with Crippen molar-refractivity contribution in [3.05, 3.63) is 88.3 Å². The average Bonchev–Trinajstić information content (AvgIpc) is 3.42. The van der Waals surface area contributed by atoms with E-state index in [-0.39, 0.29) is 5.91 Å². The molecule has 5 nitrogen and oxygen atoms in total. The van der Waals surface area contributed by atoms with E-state index in [1.807, 2.05) is 55.5 Å². The Morgan fingerprint density at radius 3 is 2.33 bits per heavy atom.